The van der Waals surface area contributed by atoms with E-state index in [4.69, 9.17) is 0 Å². The summed E-state index contributed by atoms with van der Waals surface area (Å²) in [5.41, 5.74) is 1.01. The van der Waals surface area contributed by atoms with E-state index in [2.05, 4.69) is 10.1 Å². The fourth-order valence-corrected chi connectivity index (χ4v) is 2.39. The largest absolute Gasteiger partial charge is 0.478 e. The highest BCUT2D eigenvalue weighted by molar-refractivity contribution is 6.02. The van der Waals surface area contributed by atoms with E-state index in [-0.39, 0.29) is 0 Å². The van der Waals surface area contributed by atoms with Crippen LogP contribution in [0.1, 0.15) is 23.1 Å². The van der Waals surface area contributed by atoms with Gasteiger partial charge in [0, 0.05) is 18.1 Å². The van der Waals surface area contributed by atoms with Crippen molar-refractivity contribution in [1.82, 2.24) is 19.3 Å². The first-order chi connectivity index (χ1) is 9.70. The molecule has 1 aromatic carbocycles. The Morgan fingerprint density at radius 3 is 2.95 bits per heavy atom. The number of carboxylic acid groups (broad SMARTS) is 1. The molecule has 0 saturated heterocycles. The smallest absolute Gasteiger partial charge is 0.337 e. The van der Waals surface area contributed by atoms with Gasteiger partial charge in [-0.1, -0.05) is 12.1 Å². The maximum atomic E-state index is 11.3. The van der Waals surface area contributed by atoms with Crippen molar-refractivity contribution < 1.29 is 9.90 Å². The van der Waals surface area contributed by atoms with Gasteiger partial charge in [-0.05, 0) is 19.1 Å². The number of rotatable bonds is 4. The first kappa shape index (κ1) is 12.4. The number of fused-ring (bicyclic) bond motifs is 1. The summed E-state index contributed by atoms with van der Waals surface area (Å²) in [7, 11) is 0. The fourth-order valence-electron chi connectivity index (χ4n) is 2.39. The number of nitrogens with zero attached hydrogens (tertiary/aromatic N) is 4. The van der Waals surface area contributed by atoms with Crippen molar-refractivity contribution in [3.05, 3.63) is 48.2 Å². The number of aromatic nitrogens is 4. The Morgan fingerprint density at radius 2 is 2.20 bits per heavy atom. The van der Waals surface area contributed by atoms with E-state index >= 15 is 0 Å². The van der Waals surface area contributed by atoms with E-state index in [9.17, 15) is 9.90 Å². The van der Waals surface area contributed by atoms with Crippen LogP contribution in [-0.4, -0.2) is 30.4 Å². The second-order valence-electron chi connectivity index (χ2n) is 4.48. The van der Waals surface area contributed by atoms with Crippen LogP contribution in [0.3, 0.4) is 0 Å². The van der Waals surface area contributed by atoms with Crippen LogP contribution >= 0.6 is 0 Å². The molecule has 0 saturated carbocycles. The van der Waals surface area contributed by atoms with Crippen LogP contribution in [0.15, 0.2) is 36.8 Å². The van der Waals surface area contributed by atoms with E-state index < -0.39 is 5.97 Å². The molecule has 3 aromatic rings. The van der Waals surface area contributed by atoms with Crippen molar-refractivity contribution in [3.63, 3.8) is 0 Å². The Hall–Kier alpha value is -2.63. The standard InChI is InChI=1S/C14H14N4O2/c1-2-18-12(15-9-16-18)8-17-7-6-10-4-3-5-11(13(10)17)14(19)20/h3-7,9H,2,8H2,1H3,(H,19,20). The van der Waals surface area contributed by atoms with Gasteiger partial charge in [-0.3, -0.25) is 0 Å². The second kappa shape index (κ2) is 4.80. The number of carboxylic acids is 1. The van der Waals surface area contributed by atoms with Gasteiger partial charge in [0.25, 0.3) is 0 Å². The van der Waals surface area contributed by atoms with Gasteiger partial charge in [-0.15, -0.1) is 0 Å². The van der Waals surface area contributed by atoms with Crippen molar-refractivity contribution in [3.8, 4) is 0 Å². The van der Waals surface area contributed by atoms with Gasteiger partial charge in [-0.2, -0.15) is 5.10 Å². The van der Waals surface area contributed by atoms with Crippen molar-refractivity contribution in [2.24, 2.45) is 0 Å². The van der Waals surface area contributed by atoms with Gasteiger partial charge < -0.3 is 9.67 Å². The lowest BCUT2D eigenvalue weighted by molar-refractivity contribution is 0.0698. The van der Waals surface area contributed by atoms with Crippen LogP contribution in [-0.2, 0) is 13.1 Å². The van der Waals surface area contributed by atoms with Gasteiger partial charge in [0.05, 0.1) is 17.6 Å². The minimum atomic E-state index is -0.924. The van der Waals surface area contributed by atoms with E-state index in [1.165, 1.54) is 6.33 Å². The van der Waals surface area contributed by atoms with Crippen molar-refractivity contribution >= 4 is 16.9 Å². The molecule has 1 N–H and O–H groups in total. The molecule has 0 bridgehead atoms. The van der Waals surface area contributed by atoms with Crippen molar-refractivity contribution in [1.29, 1.82) is 0 Å². The van der Waals surface area contributed by atoms with Gasteiger partial charge in [0.15, 0.2) is 0 Å². The van der Waals surface area contributed by atoms with Crippen LogP contribution in [0.4, 0.5) is 0 Å². The third-order valence-corrected chi connectivity index (χ3v) is 3.33. The minimum absolute atomic E-state index is 0.301. The number of carbonyl (C=O) groups is 1. The first-order valence-corrected chi connectivity index (χ1v) is 6.38. The molecule has 2 aromatic heterocycles. The highest BCUT2D eigenvalue weighted by Crippen LogP contribution is 2.21. The molecule has 0 unspecified atom stereocenters. The zero-order chi connectivity index (χ0) is 14.1. The molecule has 0 amide bonds. The predicted molar refractivity (Wildman–Crippen MR) is 73.7 cm³/mol. The molecule has 20 heavy (non-hydrogen) atoms. The van der Waals surface area contributed by atoms with E-state index in [1.54, 1.807) is 16.8 Å². The zero-order valence-corrected chi connectivity index (χ0v) is 11.0. The molecule has 0 aliphatic carbocycles. The third kappa shape index (κ3) is 1.95. The van der Waals surface area contributed by atoms with Crippen molar-refractivity contribution in [2.75, 3.05) is 0 Å². The molecule has 0 fully saturated rings. The monoisotopic (exact) mass is 270 g/mol. The molecule has 0 aliphatic rings. The van der Waals surface area contributed by atoms with Crippen molar-refractivity contribution in [2.45, 2.75) is 20.0 Å². The summed E-state index contributed by atoms with van der Waals surface area (Å²) in [6.45, 7) is 3.23. The van der Waals surface area contributed by atoms with Gasteiger partial charge in [-0.25, -0.2) is 14.5 Å². The topological polar surface area (TPSA) is 72.9 Å². The number of aryl methyl sites for hydroxylation is 1. The quantitative estimate of drug-likeness (QED) is 0.787. The van der Waals surface area contributed by atoms with Crippen LogP contribution in [0.2, 0.25) is 0 Å². The minimum Gasteiger partial charge on any atom is -0.478 e. The molecule has 2 heterocycles. The van der Waals surface area contributed by atoms with E-state index in [0.29, 0.717) is 17.6 Å². The van der Waals surface area contributed by atoms with Crippen LogP contribution < -0.4 is 0 Å². The lowest BCUT2D eigenvalue weighted by Crippen LogP contribution is -2.10. The molecule has 0 radical (unpaired) electrons. The number of hydrogen-bond donors (Lipinski definition) is 1. The van der Waals surface area contributed by atoms with Gasteiger partial charge in [0.2, 0.25) is 0 Å². The Kier molecular flexibility index (Phi) is 2.98. The third-order valence-electron chi connectivity index (χ3n) is 3.33. The van der Waals surface area contributed by atoms with E-state index in [1.807, 2.05) is 29.8 Å². The summed E-state index contributed by atoms with van der Waals surface area (Å²) in [5, 5.41) is 14.3. The van der Waals surface area contributed by atoms with Gasteiger partial charge in [0.1, 0.15) is 12.2 Å². The van der Waals surface area contributed by atoms with Crippen LogP contribution in [0.5, 0.6) is 0 Å². The molecule has 0 aliphatic heterocycles. The summed E-state index contributed by atoms with van der Waals surface area (Å²) >= 11 is 0. The summed E-state index contributed by atoms with van der Waals surface area (Å²) in [6, 6.07) is 7.19. The fraction of sp³-hybridized carbons (Fsp3) is 0.214. The highest BCUT2D eigenvalue weighted by atomic mass is 16.4. The number of benzene rings is 1. The first-order valence-electron chi connectivity index (χ1n) is 6.38. The average molecular weight is 270 g/mol. The van der Waals surface area contributed by atoms with Crippen LogP contribution in [0, 0.1) is 0 Å². The molecular weight excluding hydrogens is 256 g/mol. The summed E-state index contributed by atoms with van der Waals surface area (Å²) in [6.07, 6.45) is 3.40. The molecule has 102 valence electrons. The summed E-state index contributed by atoms with van der Waals surface area (Å²) in [5.74, 6) is -0.113. The second-order valence-corrected chi connectivity index (χ2v) is 4.48. The Morgan fingerprint density at radius 1 is 1.35 bits per heavy atom. The zero-order valence-electron chi connectivity index (χ0n) is 11.0. The maximum absolute atomic E-state index is 11.3. The molecule has 0 spiro atoms. The van der Waals surface area contributed by atoms with Crippen LogP contribution in [0.25, 0.3) is 10.9 Å². The highest BCUT2D eigenvalue weighted by Gasteiger charge is 2.13. The van der Waals surface area contributed by atoms with Gasteiger partial charge >= 0.3 is 5.97 Å². The SMILES string of the molecule is CCn1ncnc1Cn1ccc2cccc(C(=O)O)c21. The average Bonchev–Trinajstić information content (AvgIpc) is 3.06. The Labute approximate surface area is 115 Å². The summed E-state index contributed by atoms with van der Waals surface area (Å²) < 4.78 is 3.70. The Bertz CT molecular complexity index is 772. The molecule has 0 atom stereocenters. The normalized spacial score (nSPS) is 11.1. The number of aromatic carboxylic acids is 1. The van der Waals surface area contributed by atoms with E-state index in [0.717, 1.165) is 17.8 Å². The molecular formula is C14H14N4O2. The maximum Gasteiger partial charge on any atom is 0.337 e. The Balaban J connectivity index is 2.10. The lowest BCUT2D eigenvalue weighted by Gasteiger charge is -2.08. The molecule has 6 heteroatoms. The molecule has 3 rings (SSSR count). The predicted octanol–water partition coefficient (Wildman–Crippen LogP) is 2.00. The summed E-state index contributed by atoms with van der Waals surface area (Å²) in [4.78, 5) is 15.6. The number of hydrogen-bond acceptors (Lipinski definition) is 3. The molecule has 6 nitrogen and oxygen atoms in total. The lowest BCUT2D eigenvalue weighted by atomic mass is 10.1. The number of para-hydroxylation sites is 1.